The van der Waals surface area contributed by atoms with E-state index in [9.17, 15) is 0 Å². The van der Waals surface area contributed by atoms with E-state index in [1.54, 1.807) is 6.20 Å². The second kappa shape index (κ2) is 4.26. The fourth-order valence-corrected chi connectivity index (χ4v) is 1.66. The number of hydrogen-bond acceptors (Lipinski definition) is 2. The van der Waals surface area contributed by atoms with Gasteiger partial charge >= 0.3 is 0 Å². The lowest BCUT2D eigenvalue weighted by molar-refractivity contribution is 0.607. The molecule has 2 nitrogen and oxygen atoms in total. The molecule has 0 fully saturated rings. The zero-order valence-corrected chi connectivity index (χ0v) is 8.78. The molecule has 1 heterocycles. The van der Waals surface area contributed by atoms with Crippen molar-refractivity contribution in [3.63, 3.8) is 0 Å². The summed E-state index contributed by atoms with van der Waals surface area (Å²) in [5, 5.41) is 0. The minimum absolute atomic E-state index is 0.510. The smallest absolute Gasteiger partial charge is 0.0907 e. The summed E-state index contributed by atoms with van der Waals surface area (Å²) in [5.41, 5.74) is 1.19. The molecule has 0 aliphatic rings. The van der Waals surface area contributed by atoms with Crippen LogP contribution in [0.4, 0.5) is 5.69 Å². The van der Waals surface area contributed by atoms with Gasteiger partial charge in [-0.15, -0.1) is 0 Å². The van der Waals surface area contributed by atoms with Crippen LogP contribution in [0.15, 0.2) is 18.3 Å². The van der Waals surface area contributed by atoms with Crippen molar-refractivity contribution in [3.8, 4) is 0 Å². The Morgan fingerprint density at radius 3 is 2.23 bits per heavy atom. The van der Waals surface area contributed by atoms with Gasteiger partial charge in [0.15, 0.2) is 0 Å². The quantitative estimate of drug-likeness (QED) is 0.705. The Labute approximate surface area is 80.6 Å². The van der Waals surface area contributed by atoms with Crippen molar-refractivity contribution in [3.05, 3.63) is 24.5 Å². The van der Waals surface area contributed by atoms with Crippen LogP contribution in [-0.4, -0.2) is 17.1 Å². The number of aromatic nitrogens is 1. The molecule has 2 heteroatoms. The third-order valence-corrected chi connectivity index (χ3v) is 2.02. The molecule has 0 unspecified atom stereocenters. The van der Waals surface area contributed by atoms with Gasteiger partial charge in [0.1, 0.15) is 0 Å². The third-order valence-electron chi connectivity index (χ3n) is 2.02. The number of nitrogens with zero attached hydrogens (tertiary/aromatic N) is 2. The minimum Gasteiger partial charge on any atom is -0.367 e. The summed E-state index contributed by atoms with van der Waals surface area (Å²) < 4.78 is 0. The van der Waals surface area contributed by atoms with Crippen LogP contribution >= 0.6 is 0 Å². The van der Waals surface area contributed by atoms with Crippen molar-refractivity contribution in [2.24, 2.45) is 0 Å². The van der Waals surface area contributed by atoms with Gasteiger partial charge in [-0.05, 0) is 39.8 Å². The highest BCUT2D eigenvalue weighted by atomic mass is 15.2. The molecule has 1 aromatic heterocycles. The Morgan fingerprint density at radius 1 is 1.23 bits per heavy atom. The van der Waals surface area contributed by atoms with E-state index in [0.717, 1.165) is 0 Å². The van der Waals surface area contributed by atoms with Gasteiger partial charge in [-0.1, -0.05) is 0 Å². The van der Waals surface area contributed by atoms with Crippen LogP contribution in [0.3, 0.4) is 0 Å². The van der Waals surface area contributed by atoms with Crippen LogP contribution in [0.1, 0.15) is 27.7 Å². The summed E-state index contributed by atoms with van der Waals surface area (Å²) in [5.74, 6) is 0. The fraction of sp³-hybridized carbons (Fsp3) is 0.545. The summed E-state index contributed by atoms with van der Waals surface area (Å²) in [6, 6.07) is 4.97. The maximum atomic E-state index is 3.89. The zero-order chi connectivity index (χ0) is 9.84. The van der Waals surface area contributed by atoms with Gasteiger partial charge in [0, 0.05) is 24.0 Å². The number of rotatable bonds is 3. The van der Waals surface area contributed by atoms with Gasteiger partial charge in [-0.25, -0.2) is 0 Å². The lowest BCUT2D eigenvalue weighted by atomic mass is 10.2. The third kappa shape index (κ3) is 2.44. The molecule has 0 saturated heterocycles. The first-order chi connectivity index (χ1) is 6.13. The molecule has 1 radical (unpaired) electrons. The molecular weight excluding hydrogens is 160 g/mol. The van der Waals surface area contributed by atoms with Crippen molar-refractivity contribution < 1.29 is 0 Å². The first kappa shape index (κ1) is 10.0. The maximum absolute atomic E-state index is 3.89. The largest absolute Gasteiger partial charge is 0.367 e. The van der Waals surface area contributed by atoms with E-state index in [1.807, 2.05) is 12.1 Å². The standard InChI is InChI=1S/C11H17N2/c1-9(2)13(10(3)4)11-5-7-12-8-6-11/h5-7,9-10H,1-4H3. The molecule has 1 aromatic rings. The maximum Gasteiger partial charge on any atom is 0.0907 e. The molecule has 1 rings (SSSR count). The SMILES string of the molecule is CC(C)N(c1c[c]ncc1)C(C)C. The molecule has 0 aliphatic carbocycles. The minimum atomic E-state index is 0.510. The molecule has 0 amide bonds. The summed E-state index contributed by atoms with van der Waals surface area (Å²) >= 11 is 0. The van der Waals surface area contributed by atoms with Crippen molar-refractivity contribution in [2.45, 2.75) is 39.8 Å². The van der Waals surface area contributed by atoms with Crippen molar-refractivity contribution in [2.75, 3.05) is 4.90 Å². The van der Waals surface area contributed by atoms with Gasteiger partial charge in [-0.2, -0.15) is 0 Å². The topological polar surface area (TPSA) is 16.1 Å². The second-order valence-electron chi connectivity index (χ2n) is 3.74. The highest BCUT2D eigenvalue weighted by molar-refractivity contribution is 5.45. The Hall–Kier alpha value is -1.05. The molecule has 0 N–H and O–H groups in total. The van der Waals surface area contributed by atoms with Gasteiger partial charge in [-0.3, -0.25) is 4.98 Å². The lowest BCUT2D eigenvalue weighted by Crippen LogP contribution is -2.36. The van der Waals surface area contributed by atoms with Crippen molar-refractivity contribution in [1.29, 1.82) is 0 Å². The number of anilines is 1. The summed E-state index contributed by atoms with van der Waals surface area (Å²) in [6.07, 6.45) is 4.64. The van der Waals surface area contributed by atoms with Gasteiger partial charge < -0.3 is 4.90 Å². The molecule has 0 atom stereocenters. The normalized spacial score (nSPS) is 10.9. The Balaban J connectivity index is 2.89. The van der Waals surface area contributed by atoms with E-state index in [1.165, 1.54) is 5.69 Å². The first-order valence-electron chi connectivity index (χ1n) is 4.73. The average molecular weight is 177 g/mol. The molecular formula is C11H17N2. The molecule has 71 valence electrons. The molecule has 0 aromatic carbocycles. The first-order valence-corrected chi connectivity index (χ1v) is 4.73. The Bertz CT molecular complexity index is 234. The molecule has 0 bridgehead atoms. The lowest BCUT2D eigenvalue weighted by Gasteiger charge is -2.32. The monoisotopic (exact) mass is 177 g/mol. The van der Waals surface area contributed by atoms with E-state index in [-0.39, 0.29) is 0 Å². The zero-order valence-electron chi connectivity index (χ0n) is 8.78. The molecule has 0 aliphatic heterocycles. The summed E-state index contributed by atoms with van der Waals surface area (Å²) in [4.78, 5) is 6.24. The van der Waals surface area contributed by atoms with Gasteiger partial charge in [0.25, 0.3) is 0 Å². The summed E-state index contributed by atoms with van der Waals surface area (Å²) in [7, 11) is 0. The number of pyridine rings is 1. The molecule has 0 saturated carbocycles. The van der Waals surface area contributed by atoms with E-state index < -0.39 is 0 Å². The van der Waals surface area contributed by atoms with Crippen LogP contribution in [-0.2, 0) is 0 Å². The molecule has 13 heavy (non-hydrogen) atoms. The van der Waals surface area contributed by atoms with E-state index in [2.05, 4.69) is 43.8 Å². The number of hydrogen-bond donors (Lipinski definition) is 0. The van der Waals surface area contributed by atoms with Gasteiger partial charge in [0.05, 0.1) is 6.20 Å². The van der Waals surface area contributed by atoms with Crippen LogP contribution < -0.4 is 4.90 Å². The van der Waals surface area contributed by atoms with Crippen molar-refractivity contribution in [1.82, 2.24) is 4.98 Å². The van der Waals surface area contributed by atoms with E-state index >= 15 is 0 Å². The van der Waals surface area contributed by atoms with Crippen LogP contribution in [0.2, 0.25) is 0 Å². The fourth-order valence-electron chi connectivity index (χ4n) is 1.66. The predicted octanol–water partition coefficient (Wildman–Crippen LogP) is 2.50. The second-order valence-corrected chi connectivity index (χ2v) is 3.74. The predicted molar refractivity (Wildman–Crippen MR) is 55.8 cm³/mol. The van der Waals surface area contributed by atoms with Crippen LogP contribution in [0.5, 0.6) is 0 Å². The van der Waals surface area contributed by atoms with Crippen LogP contribution in [0.25, 0.3) is 0 Å². The van der Waals surface area contributed by atoms with Crippen molar-refractivity contribution >= 4 is 5.69 Å². The average Bonchev–Trinajstić information content (AvgIpc) is 2.04. The Morgan fingerprint density at radius 2 is 1.85 bits per heavy atom. The Kier molecular flexibility index (Phi) is 3.29. The highest BCUT2D eigenvalue weighted by Gasteiger charge is 2.13. The molecule has 0 spiro atoms. The van der Waals surface area contributed by atoms with E-state index in [0.29, 0.717) is 12.1 Å². The van der Waals surface area contributed by atoms with Gasteiger partial charge in [0.2, 0.25) is 0 Å². The summed E-state index contributed by atoms with van der Waals surface area (Å²) in [6.45, 7) is 8.78. The highest BCUT2D eigenvalue weighted by Crippen LogP contribution is 2.17. The van der Waals surface area contributed by atoms with E-state index in [4.69, 9.17) is 0 Å². The van der Waals surface area contributed by atoms with Crippen LogP contribution in [0, 0.1) is 6.20 Å².